The lowest BCUT2D eigenvalue weighted by atomic mass is 9.89. The van der Waals surface area contributed by atoms with Crippen LogP contribution >= 0.6 is 12.4 Å². The number of β-amino-alcohol motifs (C(OH)–C–C–N with tert-alkyl or cyclic N) is 1. The minimum Gasteiger partial charge on any atom is -0.493 e. The van der Waals surface area contributed by atoms with E-state index in [0.717, 1.165) is 37.4 Å². The first-order valence-corrected chi connectivity index (χ1v) is 11.0. The fraction of sp³-hybridized carbons (Fsp3) is 0.417. The van der Waals surface area contributed by atoms with Crippen LogP contribution in [0.4, 0.5) is 0 Å². The number of hydrogen-bond donors (Lipinski definition) is 2. The van der Waals surface area contributed by atoms with Crippen molar-refractivity contribution >= 4 is 24.4 Å². The molecule has 0 saturated carbocycles. The molecule has 1 saturated heterocycles. The predicted molar refractivity (Wildman–Crippen MR) is 125 cm³/mol. The van der Waals surface area contributed by atoms with Crippen molar-refractivity contribution in [1.82, 2.24) is 15.1 Å². The molecule has 4 heterocycles. The second-order valence-corrected chi connectivity index (χ2v) is 8.50. The summed E-state index contributed by atoms with van der Waals surface area (Å²) >= 11 is 0. The zero-order valence-corrected chi connectivity index (χ0v) is 18.8. The molecule has 0 radical (unpaired) electrons. The van der Waals surface area contributed by atoms with Gasteiger partial charge in [0, 0.05) is 31.5 Å². The quantitative estimate of drug-likeness (QED) is 0.685. The van der Waals surface area contributed by atoms with Crippen LogP contribution in [-0.4, -0.2) is 65.8 Å². The second kappa shape index (κ2) is 9.90. The molecule has 2 N–H and O–H groups in total. The van der Waals surface area contributed by atoms with Crippen molar-refractivity contribution < 1.29 is 14.6 Å². The van der Waals surface area contributed by atoms with E-state index in [4.69, 9.17) is 4.74 Å². The standard InChI is InChI=1S/C24H28N4O3.ClH/c29-20(14-27-10-7-18(8-11-27)17-4-2-1-3-5-17)16-31-21-12-19-13-26-23-22(30)6-9-25-24(23)28(19)15-21;/h1-5,9,12-13,18,20,26,29H,6-8,10-11,14-16H2;1H. The Morgan fingerprint density at radius 3 is 2.78 bits per heavy atom. The summed E-state index contributed by atoms with van der Waals surface area (Å²) in [5.41, 5.74) is 2.87. The van der Waals surface area contributed by atoms with Crippen LogP contribution in [0.1, 0.15) is 30.7 Å². The Labute approximate surface area is 194 Å². The van der Waals surface area contributed by atoms with Crippen molar-refractivity contribution in [2.24, 2.45) is 4.99 Å². The average molecular weight is 457 g/mol. The van der Waals surface area contributed by atoms with Gasteiger partial charge in [-0.2, -0.15) is 0 Å². The van der Waals surface area contributed by atoms with Crippen molar-refractivity contribution in [3.8, 4) is 0 Å². The van der Waals surface area contributed by atoms with Gasteiger partial charge in [0.15, 0.2) is 11.6 Å². The molecule has 1 fully saturated rings. The molecule has 4 aliphatic rings. The van der Waals surface area contributed by atoms with Gasteiger partial charge in [0.2, 0.25) is 0 Å². The van der Waals surface area contributed by atoms with E-state index >= 15 is 0 Å². The molecule has 32 heavy (non-hydrogen) atoms. The minimum absolute atomic E-state index is 0. The highest BCUT2D eigenvalue weighted by Gasteiger charge is 2.32. The van der Waals surface area contributed by atoms with E-state index in [1.807, 2.05) is 11.0 Å². The number of aliphatic hydroxyl groups is 1. The van der Waals surface area contributed by atoms with Gasteiger partial charge in [0.25, 0.3) is 0 Å². The molecule has 0 aromatic heterocycles. The zero-order chi connectivity index (χ0) is 21.2. The van der Waals surface area contributed by atoms with E-state index in [9.17, 15) is 9.90 Å². The van der Waals surface area contributed by atoms with Crippen LogP contribution in [-0.2, 0) is 9.53 Å². The largest absolute Gasteiger partial charge is 0.493 e. The number of benzene rings is 1. The number of carbonyl (C=O) groups is 1. The molecule has 1 aromatic carbocycles. The molecule has 1 unspecified atom stereocenters. The fourth-order valence-electron chi connectivity index (χ4n) is 4.67. The summed E-state index contributed by atoms with van der Waals surface area (Å²) in [4.78, 5) is 20.7. The van der Waals surface area contributed by atoms with Gasteiger partial charge in [-0.3, -0.25) is 4.79 Å². The number of nitrogens with one attached hydrogen (secondary N) is 1. The van der Waals surface area contributed by atoms with Crippen molar-refractivity contribution in [2.75, 3.05) is 32.8 Å². The molecule has 7 nitrogen and oxygen atoms in total. The van der Waals surface area contributed by atoms with Crippen LogP contribution in [0.3, 0.4) is 0 Å². The van der Waals surface area contributed by atoms with Gasteiger partial charge in [-0.05, 0) is 37.4 Å². The van der Waals surface area contributed by atoms with E-state index in [1.54, 1.807) is 12.4 Å². The van der Waals surface area contributed by atoms with Crippen molar-refractivity contribution in [2.45, 2.75) is 31.3 Å². The number of aliphatic imine (C=N–C) groups is 1. The topological polar surface area (TPSA) is 77.4 Å². The monoisotopic (exact) mass is 456 g/mol. The molecule has 0 spiro atoms. The Hall–Kier alpha value is -2.61. The molecule has 0 amide bonds. The van der Waals surface area contributed by atoms with Gasteiger partial charge in [-0.25, -0.2) is 4.99 Å². The maximum atomic E-state index is 12.1. The third-order valence-corrected chi connectivity index (χ3v) is 6.34. The molecule has 5 rings (SSSR count). The number of Topliss-reactive ketones (excluding diaryl/α,β-unsaturated/α-hetero) is 1. The Bertz CT molecular complexity index is 965. The maximum Gasteiger partial charge on any atom is 0.188 e. The van der Waals surface area contributed by atoms with Crippen LogP contribution in [0.2, 0.25) is 0 Å². The summed E-state index contributed by atoms with van der Waals surface area (Å²) in [6.45, 7) is 3.39. The average Bonchev–Trinajstić information content (AvgIpc) is 3.23. The first kappa shape index (κ1) is 22.6. The molecular weight excluding hydrogens is 428 g/mol. The molecular formula is C24H29ClN4O3. The molecule has 1 aromatic rings. The second-order valence-electron chi connectivity index (χ2n) is 8.50. The molecule has 8 heteroatoms. The van der Waals surface area contributed by atoms with Gasteiger partial charge in [0.1, 0.15) is 24.2 Å². The number of aliphatic hydroxyl groups excluding tert-OH is 1. The molecule has 4 aliphatic heterocycles. The number of likely N-dealkylation sites (tertiary alicyclic amines) is 1. The van der Waals surface area contributed by atoms with Gasteiger partial charge < -0.3 is 25.0 Å². The minimum atomic E-state index is -0.539. The normalized spacial score (nSPS) is 21.8. The van der Waals surface area contributed by atoms with Gasteiger partial charge in [0.05, 0.1) is 12.2 Å². The van der Waals surface area contributed by atoms with E-state index in [2.05, 4.69) is 45.5 Å². The summed E-state index contributed by atoms with van der Waals surface area (Å²) in [5, 5.41) is 13.6. The third kappa shape index (κ3) is 4.75. The number of hydrogen-bond acceptors (Lipinski definition) is 7. The van der Waals surface area contributed by atoms with E-state index in [1.165, 1.54) is 5.56 Å². The number of rotatable bonds is 6. The van der Waals surface area contributed by atoms with Gasteiger partial charge in [-0.15, -0.1) is 12.4 Å². The Morgan fingerprint density at radius 1 is 1.22 bits per heavy atom. The fourth-order valence-corrected chi connectivity index (χ4v) is 4.67. The van der Waals surface area contributed by atoms with Crippen LogP contribution in [0, 0.1) is 0 Å². The number of ketones is 1. The number of nitrogens with zero attached hydrogens (tertiary/aromatic N) is 3. The van der Waals surface area contributed by atoms with Crippen LogP contribution in [0.25, 0.3) is 0 Å². The number of allylic oxidation sites excluding steroid dienone is 2. The smallest absolute Gasteiger partial charge is 0.188 e. The Kier molecular flexibility index (Phi) is 6.98. The Balaban J connectivity index is 0.00000245. The molecule has 170 valence electrons. The Morgan fingerprint density at radius 2 is 2.00 bits per heavy atom. The lowest BCUT2D eigenvalue weighted by molar-refractivity contribution is -0.115. The summed E-state index contributed by atoms with van der Waals surface area (Å²) in [6.07, 6.45) is 7.42. The SMILES string of the molecule is Cl.O=C1CC=NC2=C1NC=C1C=C(OCC(O)CN3CCC(c4ccccc4)CC3)CN12. The highest BCUT2D eigenvalue weighted by Crippen LogP contribution is 2.31. The molecule has 0 aliphatic carbocycles. The number of piperidine rings is 1. The highest BCUT2D eigenvalue weighted by molar-refractivity contribution is 6.05. The van der Waals surface area contributed by atoms with E-state index in [0.29, 0.717) is 36.9 Å². The molecule has 0 bridgehead atoms. The van der Waals surface area contributed by atoms with Gasteiger partial charge >= 0.3 is 0 Å². The first-order chi connectivity index (χ1) is 15.2. The van der Waals surface area contributed by atoms with Crippen LogP contribution < -0.4 is 5.32 Å². The van der Waals surface area contributed by atoms with Crippen molar-refractivity contribution in [1.29, 1.82) is 0 Å². The lowest BCUT2D eigenvalue weighted by Crippen LogP contribution is -2.40. The summed E-state index contributed by atoms with van der Waals surface area (Å²) in [7, 11) is 0. The highest BCUT2D eigenvalue weighted by atomic mass is 35.5. The predicted octanol–water partition coefficient (Wildman–Crippen LogP) is 2.52. The number of ether oxygens (including phenoxy) is 1. The summed E-state index contributed by atoms with van der Waals surface area (Å²) in [6, 6.07) is 10.7. The first-order valence-electron chi connectivity index (χ1n) is 11.0. The lowest BCUT2D eigenvalue weighted by Gasteiger charge is -2.33. The number of carbonyl (C=O) groups excluding carboxylic acids is 1. The van der Waals surface area contributed by atoms with Crippen LogP contribution in [0.5, 0.6) is 0 Å². The number of fused-ring (bicyclic) bond motifs is 2. The zero-order valence-electron chi connectivity index (χ0n) is 17.9. The maximum absolute atomic E-state index is 12.1. The van der Waals surface area contributed by atoms with Crippen molar-refractivity contribution in [3.63, 3.8) is 0 Å². The van der Waals surface area contributed by atoms with Crippen LogP contribution in [0.15, 0.2) is 70.6 Å². The summed E-state index contributed by atoms with van der Waals surface area (Å²) < 4.78 is 5.91. The van der Waals surface area contributed by atoms with E-state index in [-0.39, 0.29) is 24.8 Å². The third-order valence-electron chi connectivity index (χ3n) is 6.34. The molecule has 1 atom stereocenters. The van der Waals surface area contributed by atoms with Crippen molar-refractivity contribution in [3.05, 3.63) is 71.1 Å². The summed E-state index contributed by atoms with van der Waals surface area (Å²) in [5.74, 6) is 2.07. The van der Waals surface area contributed by atoms with E-state index < -0.39 is 6.10 Å². The number of halogens is 1. The van der Waals surface area contributed by atoms with Gasteiger partial charge in [-0.1, -0.05) is 30.3 Å².